The number of carbonyl (C=O) groups is 5. The van der Waals surface area contributed by atoms with Gasteiger partial charge in [-0.05, 0) is 37.8 Å². The Morgan fingerprint density at radius 2 is 0.953 bits per heavy atom. The maximum Gasteiger partial charge on any atom is 0.264 e. The number of carbonyl (C=O) groups excluding carboxylic acids is 5. The molecule has 2 aliphatic rings. The predicted molar refractivity (Wildman–Crippen MR) is 233 cm³/mol. The number of ether oxygens (including phenoxy) is 11. The Bertz CT molecular complexity index is 1450. The van der Waals surface area contributed by atoms with Gasteiger partial charge in [-0.3, -0.25) is 34.2 Å². The van der Waals surface area contributed by atoms with Crippen molar-refractivity contribution >= 4 is 35.2 Å². The van der Waals surface area contributed by atoms with Crippen LogP contribution in [0, 0.1) is 0 Å². The van der Waals surface area contributed by atoms with E-state index in [0.717, 1.165) is 30.8 Å². The summed E-state index contributed by atoms with van der Waals surface area (Å²) in [5.41, 5.74) is 0.382. The molecule has 0 bridgehead atoms. The summed E-state index contributed by atoms with van der Waals surface area (Å²) in [4.78, 5) is 63.6. The number of anilines is 1. The summed E-state index contributed by atoms with van der Waals surface area (Å²) in [5.74, 6) is -2.72. The first-order valence-electron chi connectivity index (χ1n) is 22.9. The third-order valence-electron chi connectivity index (χ3n) is 9.80. The molecule has 0 spiro atoms. The number of imide groups is 2. The molecule has 0 aromatic heterocycles. The van der Waals surface area contributed by atoms with Crippen molar-refractivity contribution in [3.05, 3.63) is 29.3 Å². The Labute approximate surface area is 378 Å². The van der Waals surface area contributed by atoms with Crippen LogP contribution in [0.1, 0.15) is 91.8 Å². The molecule has 1 atom stereocenters. The molecule has 364 valence electrons. The van der Waals surface area contributed by atoms with Crippen LogP contribution in [0.2, 0.25) is 0 Å². The highest BCUT2D eigenvalue weighted by molar-refractivity contribution is 6.26. The topological polar surface area (TPSA) is 214 Å². The quantitative estimate of drug-likeness (QED) is 0.0710. The van der Waals surface area contributed by atoms with E-state index in [0.29, 0.717) is 145 Å². The third-order valence-corrected chi connectivity index (χ3v) is 9.80. The lowest BCUT2D eigenvalue weighted by molar-refractivity contribution is -0.136. The van der Waals surface area contributed by atoms with Crippen LogP contribution in [0.5, 0.6) is 0 Å². The number of piperidine rings is 1. The maximum absolute atomic E-state index is 13.2. The van der Waals surface area contributed by atoms with Gasteiger partial charge < -0.3 is 57.4 Å². The van der Waals surface area contributed by atoms with Gasteiger partial charge in [-0.25, -0.2) is 0 Å². The zero-order valence-electron chi connectivity index (χ0n) is 37.9. The van der Waals surface area contributed by atoms with Crippen LogP contribution in [0.3, 0.4) is 0 Å². The Hall–Kier alpha value is -3.47. The number of unbranched alkanes of at least 4 members (excludes halogenated alkanes) is 5. The first-order chi connectivity index (χ1) is 31.4. The SMILES string of the molecule is CCCCCCOCCOCCOCCOCCOCCOCCOCCOCCOCCOCCOCCCCCC(=O)Nc1cccc2c1C(=O)N(C1CCC(=O)NC1=O)C2=O. The van der Waals surface area contributed by atoms with E-state index in [1.165, 1.54) is 25.3 Å². The van der Waals surface area contributed by atoms with E-state index in [4.69, 9.17) is 52.1 Å². The highest BCUT2D eigenvalue weighted by atomic mass is 16.6. The standard InChI is InChI=1S/C45H73N3O16/c1-2-3-4-7-15-54-17-19-56-21-23-58-25-27-60-29-31-62-33-35-64-36-34-63-32-30-61-28-26-59-24-22-57-20-18-55-16-8-5-6-12-40(49)46-38-11-9-10-37-42(38)45(53)48(44(37)52)39-13-14-41(50)47-43(39)51/h9-11,39H,2-8,12-36H2,1H3,(H,46,49)(H,47,50,51). The largest absolute Gasteiger partial charge is 0.379 e. The smallest absolute Gasteiger partial charge is 0.264 e. The average molecular weight is 912 g/mol. The summed E-state index contributed by atoms with van der Waals surface area (Å²) in [6, 6.07) is 3.53. The van der Waals surface area contributed by atoms with Crippen LogP contribution in [-0.4, -0.2) is 186 Å². The van der Waals surface area contributed by atoms with Crippen molar-refractivity contribution in [3.8, 4) is 0 Å². The Morgan fingerprint density at radius 1 is 0.547 bits per heavy atom. The van der Waals surface area contributed by atoms with E-state index < -0.39 is 29.7 Å². The molecule has 3 rings (SSSR count). The highest BCUT2D eigenvalue weighted by Gasteiger charge is 2.45. The molecule has 2 aliphatic heterocycles. The maximum atomic E-state index is 13.2. The lowest BCUT2D eigenvalue weighted by Crippen LogP contribution is -2.54. The first-order valence-corrected chi connectivity index (χ1v) is 22.9. The molecule has 1 saturated heterocycles. The molecule has 2 N–H and O–H groups in total. The Balaban J connectivity index is 0.976. The number of benzene rings is 1. The molecule has 0 saturated carbocycles. The normalized spacial score (nSPS) is 15.0. The van der Waals surface area contributed by atoms with Gasteiger partial charge in [0.25, 0.3) is 11.8 Å². The molecule has 1 aromatic rings. The summed E-state index contributed by atoms with van der Waals surface area (Å²) in [5, 5.41) is 4.91. The molecule has 0 aliphatic carbocycles. The fraction of sp³-hybridized carbons (Fsp3) is 0.756. The van der Waals surface area contributed by atoms with Crippen LogP contribution in [-0.2, 0) is 66.5 Å². The summed E-state index contributed by atoms with van der Waals surface area (Å²) >= 11 is 0. The van der Waals surface area contributed by atoms with Gasteiger partial charge in [-0.1, -0.05) is 38.7 Å². The molecule has 5 amide bonds. The van der Waals surface area contributed by atoms with Crippen LogP contribution in [0.4, 0.5) is 5.69 Å². The van der Waals surface area contributed by atoms with Gasteiger partial charge in [0.2, 0.25) is 17.7 Å². The van der Waals surface area contributed by atoms with Gasteiger partial charge in [-0.15, -0.1) is 0 Å². The molecule has 1 unspecified atom stereocenters. The zero-order chi connectivity index (χ0) is 45.7. The van der Waals surface area contributed by atoms with E-state index >= 15 is 0 Å². The minimum atomic E-state index is -1.07. The van der Waals surface area contributed by atoms with Gasteiger partial charge in [0.1, 0.15) is 6.04 Å². The second-order valence-electron chi connectivity index (χ2n) is 14.8. The Morgan fingerprint density at radius 3 is 1.36 bits per heavy atom. The minimum absolute atomic E-state index is 0.0279. The first kappa shape index (κ1) is 54.9. The average Bonchev–Trinajstić information content (AvgIpc) is 3.54. The Kier molecular flexibility index (Phi) is 31.5. The summed E-state index contributed by atoms with van der Waals surface area (Å²) in [6.45, 7) is 13.5. The highest BCUT2D eigenvalue weighted by Crippen LogP contribution is 2.32. The second-order valence-corrected chi connectivity index (χ2v) is 14.8. The van der Waals surface area contributed by atoms with Crippen LogP contribution >= 0.6 is 0 Å². The molecule has 0 radical (unpaired) electrons. The number of nitrogens with zero attached hydrogens (tertiary/aromatic N) is 1. The monoisotopic (exact) mass is 911 g/mol. The summed E-state index contributed by atoms with van der Waals surface area (Å²) in [6.07, 6.45) is 7.29. The number of amides is 5. The van der Waals surface area contributed by atoms with Crippen LogP contribution in [0.25, 0.3) is 0 Å². The number of hydrogen-bond acceptors (Lipinski definition) is 16. The van der Waals surface area contributed by atoms with Crippen molar-refractivity contribution in [1.82, 2.24) is 10.2 Å². The molecule has 1 fully saturated rings. The van der Waals surface area contributed by atoms with Crippen molar-refractivity contribution < 1.29 is 76.1 Å². The van der Waals surface area contributed by atoms with E-state index in [1.54, 1.807) is 12.1 Å². The van der Waals surface area contributed by atoms with Crippen LogP contribution < -0.4 is 10.6 Å². The van der Waals surface area contributed by atoms with Gasteiger partial charge in [0.15, 0.2) is 0 Å². The van der Waals surface area contributed by atoms with Gasteiger partial charge in [0.05, 0.1) is 149 Å². The van der Waals surface area contributed by atoms with Crippen molar-refractivity contribution in [2.45, 2.75) is 77.2 Å². The zero-order valence-corrected chi connectivity index (χ0v) is 37.9. The number of fused-ring (bicyclic) bond motifs is 1. The lowest BCUT2D eigenvalue weighted by Gasteiger charge is -2.27. The fourth-order valence-electron chi connectivity index (χ4n) is 6.43. The summed E-state index contributed by atoms with van der Waals surface area (Å²) in [7, 11) is 0. The molecule has 2 heterocycles. The third kappa shape index (κ3) is 24.2. The van der Waals surface area contributed by atoms with E-state index in [9.17, 15) is 24.0 Å². The molecule has 19 nitrogen and oxygen atoms in total. The fourth-order valence-corrected chi connectivity index (χ4v) is 6.43. The molecule has 1 aromatic carbocycles. The molecule has 64 heavy (non-hydrogen) atoms. The molecule has 19 heteroatoms. The number of rotatable bonds is 43. The number of hydrogen-bond donors (Lipinski definition) is 2. The van der Waals surface area contributed by atoms with Gasteiger partial charge >= 0.3 is 0 Å². The van der Waals surface area contributed by atoms with Gasteiger partial charge in [0, 0.05) is 26.1 Å². The van der Waals surface area contributed by atoms with E-state index in [2.05, 4.69) is 17.6 Å². The van der Waals surface area contributed by atoms with Crippen molar-refractivity contribution in [3.63, 3.8) is 0 Å². The van der Waals surface area contributed by atoms with Crippen molar-refractivity contribution in [2.24, 2.45) is 0 Å². The van der Waals surface area contributed by atoms with Crippen molar-refractivity contribution in [1.29, 1.82) is 0 Å². The lowest BCUT2D eigenvalue weighted by atomic mass is 10.0. The molecular weight excluding hydrogens is 838 g/mol. The minimum Gasteiger partial charge on any atom is -0.379 e. The van der Waals surface area contributed by atoms with Crippen LogP contribution in [0.15, 0.2) is 18.2 Å². The van der Waals surface area contributed by atoms with E-state index in [1.807, 2.05) is 0 Å². The second kappa shape index (κ2) is 36.7. The van der Waals surface area contributed by atoms with Gasteiger partial charge in [-0.2, -0.15) is 0 Å². The molecular formula is C45H73N3O16. The summed E-state index contributed by atoms with van der Waals surface area (Å²) < 4.78 is 60.7. The van der Waals surface area contributed by atoms with Crippen molar-refractivity contribution in [2.75, 3.05) is 151 Å². The predicted octanol–water partition coefficient (Wildman–Crippen LogP) is 3.35. The number of nitrogens with one attached hydrogen (secondary N) is 2. The van der Waals surface area contributed by atoms with E-state index in [-0.39, 0.29) is 42.0 Å².